The van der Waals surface area contributed by atoms with Crippen LogP contribution in [0.1, 0.15) is 30.1 Å². The summed E-state index contributed by atoms with van der Waals surface area (Å²) in [6, 6.07) is 12.4. The molecular formula is C23H24ClN3O6. The number of halogens is 1. The van der Waals surface area contributed by atoms with Gasteiger partial charge in [-0.3, -0.25) is 9.59 Å². The number of carbonyl (C=O) groups excluding carboxylic acids is 2. The van der Waals surface area contributed by atoms with Crippen LogP contribution in [0.25, 0.3) is 0 Å². The van der Waals surface area contributed by atoms with Crippen LogP contribution in [-0.4, -0.2) is 35.7 Å². The van der Waals surface area contributed by atoms with Crippen molar-refractivity contribution in [3.63, 3.8) is 0 Å². The fraction of sp³-hybridized carbons (Fsp3) is 0.304. The maximum absolute atomic E-state index is 12.2. The Morgan fingerprint density at radius 3 is 2.79 bits per heavy atom. The zero-order valence-electron chi connectivity index (χ0n) is 18.3. The second kappa shape index (κ2) is 11.9. The number of nitrogens with zero attached hydrogens (tertiary/aromatic N) is 2. The van der Waals surface area contributed by atoms with E-state index in [1.165, 1.54) is 7.11 Å². The summed E-state index contributed by atoms with van der Waals surface area (Å²) in [5.74, 6) is 0.773. The van der Waals surface area contributed by atoms with Crippen molar-refractivity contribution < 1.29 is 28.3 Å². The molecule has 33 heavy (non-hydrogen) atoms. The number of hydrogen-bond donors (Lipinski definition) is 1. The Labute approximate surface area is 196 Å². The van der Waals surface area contributed by atoms with Gasteiger partial charge in [-0.25, -0.2) is 0 Å². The van der Waals surface area contributed by atoms with Gasteiger partial charge in [0.15, 0.2) is 12.4 Å². The van der Waals surface area contributed by atoms with Crippen LogP contribution in [0.2, 0.25) is 5.02 Å². The van der Waals surface area contributed by atoms with Crippen molar-refractivity contribution in [3.05, 3.63) is 64.8 Å². The van der Waals surface area contributed by atoms with Crippen molar-refractivity contribution in [2.45, 2.75) is 32.8 Å². The van der Waals surface area contributed by atoms with Crippen LogP contribution in [0, 0.1) is 6.92 Å². The van der Waals surface area contributed by atoms with Gasteiger partial charge >= 0.3 is 5.97 Å². The Morgan fingerprint density at radius 2 is 2.00 bits per heavy atom. The zero-order valence-corrected chi connectivity index (χ0v) is 19.1. The van der Waals surface area contributed by atoms with Crippen LogP contribution in [0.5, 0.6) is 11.5 Å². The highest BCUT2D eigenvalue weighted by molar-refractivity contribution is 6.31. The summed E-state index contributed by atoms with van der Waals surface area (Å²) in [5.41, 5.74) is 1.46. The predicted octanol–water partition coefficient (Wildman–Crippen LogP) is 4.12. The molecule has 1 N–H and O–H groups in total. The highest BCUT2D eigenvalue weighted by Gasteiger charge is 2.14. The maximum atomic E-state index is 12.2. The van der Waals surface area contributed by atoms with Crippen molar-refractivity contribution in [3.8, 4) is 11.5 Å². The molecule has 3 aromatic rings. The van der Waals surface area contributed by atoms with Gasteiger partial charge in [-0.15, -0.1) is 0 Å². The number of nitrogens with one attached hydrogen (secondary N) is 1. The first-order valence-electron chi connectivity index (χ1n) is 10.2. The van der Waals surface area contributed by atoms with E-state index in [9.17, 15) is 9.59 Å². The molecule has 0 aliphatic heterocycles. The first-order valence-corrected chi connectivity index (χ1v) is 10.6. The monoisotopic (exact) mass is 473 g/mol. The molecule has 0 atom stereocenters. The van der Waals surface area contributed by atoms with Gasteiger partial charge in [-0.05, 0) is 49.2 Å². The van der Waals surface area contributed by atoms with Gasteiger partial charge in [0, 0.05) is 11.4 Å². The number of amides is 1. The van der Waals surface area contributed by atoms with Crippen LogP contribution >= 0.6 is 11.6 Å². The lowest BCUT2D eigenvalue weighted by molar-refractivity contribution is -0.146. The quantitative estimate of drug-likeness (QED) is 0.327. The fourth-order valence-electron chi connectivity index (χ4n) is 2.83. The number of benzene rings is 2. The van der Waals surface area contributed by atoms with E-state index < -0.39 is 5.97 Å². The number of rotatable bonds is 11. The Balaban J connectivity index is 1.36. The summed E-state index contributed by atoms with van der Waals surface area (Å²) in [5, 5.41) is 7.14. The molecule has 0 unspecified atom stereocenters. The van der Waals surface area contributed by atoms with Gasteiger partial charge < -0.3 is 24.1 Å². The summed E-state index contributed by atoms with van der Waals surface area (Å²) in [7, 11) is 1.52. The zero-order chi connectivity index (χ0) is 23.6. The number of carbonyl (C=O) groups is 2. The van der Waals surface area contributed by atoms with E-state index in [1.807, 2.05) is 13.0 Å². The molecule has 1 heterocycles. The van der Waals surface area contributed by atoms with Crippen molar-refractivity contribution in [1.82, 2.24) is 10.1 Å². The van der Waals surface area contributed by atoms with Crippen LogP contribution in [0.3, 0.4) is 0 Å². The third kappa shape index (κ3) is 7.50. The van der Waals surface area contributed by atoms with Gasteiger partial charge in [-0.1, -0.05) is 28.9 Å². The number of hydrogen-bond acceptors (Lipinski definition) is 8. The Morgan fingerprint density at radius 1 is 1.18 bits per heavy atom. The van der Waals surface area contributed by atoms with E-state index in [0.29, 0.717) is 35.2 Å². The van der Waals surface area contributed by atoms with E-state index in [2.05, 4.69) is 15.5 Å². The van der Waals surface area contributed by atoms with E-state index in [-0.39, 0.29) is 37.1 Å². The molecule has 0 saturated carbocycles. The van der Waals surface area contributed by atoms with Crippen molar-refractivity contribution >= 4 is 29.2 Å². The number of ether oxygens (including phenoxy) is 3. The average Bonchev–Trinajstić information content (AvgIpc) is 3.25. The highest BCUT2D eigenvalue weighted by Crippen LogP contribution is 2.23. The third-order valence-corrected chi connectivity index (χ3v) is 4.91. The number of aryl methyl sites for hydroxylation is 1. The Bertz CT molecular complexity index is 1100. The Kier molecular flexibility index (Phi) is 8.65. The molecule has 0 aliphatic rings. The summed E-state index contributed by atoms with van der Waals surface area (Å²) >= 11 is 5.98. The minimum absolute atomic E-state index is 0.100. The van der Waals surface area contributed by atoms with Gasteiger partial charge in [0.05, 0.1) is 25.8 Å². The molecule has 0 fully saturated rings. The molecule has 0 spiro atoms. The Hall–Kier alpha value is -3.59. The lowest BCUT2D eigenvalue weighted by Crippen LogP contribution is -2.15. The molecule has 1 amide bonds. The van der Waals surface area contributed by atoms with E-state index in [1.54, 1.807) is 36.4 Å². The lowest BCUT2D eigenvalue weighted by atomic mass is 10.2. The molecule has 0 aliphatic carbocycles. The lowest BCUT2D eigenvalue weighted by Gasteiger charge is -2.08. The number of para-hydroxylation sites is 2. The number of aromatic nitrogens is 2. The van der Waals surface area contributed by atoms with Crippen molar-refractivity contribution in [2.75, 3.05) is 19.0 Å². The third-order valence-electron chi connectivity index (χ3n) is 4.49. The average molecular weight is 474 g/mol. The van der Waals surface area contributed by atoms with E-state index in [4.69, 9.17) is 30.3 Å². The van der Waals surface area contributed by atoms with Gasteiger partial charge in [0.2, 0.25) is 5.91 Å². The fourth-order valence-corrected chi connectivity index (χ4v) is 2.95. The number of esters is 1. The van der Waals surface area contributed by atoms with Crippen LogP contribution in [0.15, 0.2) is 47.0 Å². The molecule has 9 nitrogen and oxygen atoms in total. The first-order chi connectivity index (χ1) is 15.9. The van der Waals surface area contributed by atoms with Gasteiger partial charge in [-0.2, -0.15) is 4.98 Å². The molecule has 10 heteroatoms. The smallest absolute Gasteiger partial charge is 0.306 e. The molecule has 174 valence electrons. The van der Waals surface area contributed by atoms with Crippen LogP contribution in [0.4, 0.5) is 5.69 Å². The van der Waals surface area contributed by atoms with E-state index >= 15 is 0 Å². The van der Waals surface area contributed by atoms with Gasteiger partial charge in [0.1, 0.15) is 11.5 Å². The minimum atomic E-state index is -0.417. The van der Waals surface area contributed by atoms with Crippen LogP contribution < -0.4 is 14.8 Å². The van der Waals surface area contributed by atoms with Crippen molar-refractivity contribution in [2.24, 2.45) is 0 Å². The topological polar surface area (TPSA) is 113 Å². The van der Waals surface area contributed by atoms with E-state index in [0.717, 1.165) is 5.56 Å². The highest BCUT2D eigenvalue weighted by atomic mass is 35.5. The standard InChI is InChI=1S/C23H24ClN3O6/c1-15-12-16(9-10-17(15)24)31-11-5-8-23(29)32-14-22-26-20(27-33-22)13-21(28)25-18-6-3-4-7-19(18)30-2/h3-4,6-7,9-10,12H,5,8,11,13-14H2,1-2H3,(H,25,28). The largest absolute Gasteiger partial charge is 0.495 e. The molecular weight excluding hydrogens is 450 g/mol. The minimum Gasteiger partial charge on any atom is -0.495 e. The second-order valence-corrected chi connectivity index (χ2v) is 7.46. The van der Waals surface area contributed by atoms with Crippen LogP contribution in [-0.2, 0) is 27.4 Å². The predicted molar refractivity (Wildman–Crippen MR) is 120 cm³/mol. The number of anilines is 1. The molecule has 2 aromatic carbocycles. The summed E-state index contributed by atoms with van der Waals surface area (Å²) in [4.78, 5) is 28.2. The molecule has 0 saturated heterocycles. The summed E-state index contributed by atoms with van der Waals surface area (Å²) in [6.07, 6.45) is 0.560. The first kappa shape index (κ1) is 24.1. The molecule has 0 radical (unpaired) electrons. The normalized spacial score (nSPS) is 10.5. The summed E-state index contributed by atoms with van der Waals surface area (Å²) in [6.45, 7) is 2.09. The second-order valence-electron chi connectivity index (χ2n) is 7.05. The number of methoxy groups -OCH3 is 1. The molecule has 1 aromatic heterocycles. The van der Waals surface area contributed by atoms with Gasteiger partial charge in [0.25, 0.3) is 5.89 Å². The molecule has 3 rings (SSSR count). The molecule has 0 bridgehead atoms. The SMILES string of the molecule is COc1ccccc1NC(=O)Cc1noc(COC(=O)CCCOc2ccc(Cl)c(C)c2)n1. The maximum Gasteiger partial charge on any atom is 0.306 e. The summed E-state index contributed by atoms with van der Waals surface area (Å²) < 4.78 is 21.0. The van der Waals surface area contributed by atoms with Crippen molar-refractivity contribution in [1.29, 1.82) is 0 Å².